The van der Waals surface area contributed by atoms with Crippen LogP contribution >= 0.6 is 0 Å². The second-order valence-corrected chi connectivity index (χ2v) is 3.38. The molecule has 1 N–H and O–H groups in total. The van der Waals surface area contributed by atoms with Crippen molar-refractivity contribution < 1.29 is 9.47 Å². The maximum Gasteiger partial charge on any atom is 0.234 e. The standard InChI is InChI=1S/C10H15N3O2/c1-2-12-9-5-11-6-10(13-9)15-8-3-4-14-7-8/h5-6,8H,2-4,7H2,1H3,(H,12,13). The summed E-state index contributed by atoms with van der Waals surface area (Å²) in [6.45, 7) is 4.25. The lowest BCUT2D eigenvalue weighted by molar-refractivity contribution is 0.138. The topological polar surface area (TPSA) is 56.3 Å². The average molecular weight is 209 g/mol. The van der Waals surface area contributed by atoms with Crippen molar-refractivity contribution in [1.82, 2.24) is 9.97 Å². The lowest BCUT2D eigenvalue weighted by Crippen LogP contribution is -2.16. The number of anilines is 1. The monoisotopic (exact) mass is 209 g/mol. The molecule has 5 heteroatoms. The Morgan fingerprint density at radius 1 is 1.60 bits per heavy atom. The summed E-state index contributed by atoms with van der Waals surface area (Å²) in [5, 5.41) is 3.09. The van der Waals surface area contributed by atoms with Crippen molar-refractivity contribution in [2.24, 2.45) is 0 Å². The fraction of sp³-hybridized carbons (Fsp3) is 0.600. The van der Waals surface area contributed by atoms with Gasteiger partial charge in [0.2, 0.25) is 5.88 Å². The van der Waals surface area contributed by atoms with Crippen molar-refractivity contribution in [2.75, 3.05) is 25.1 Å². The van der Waals surface area contributed by atoms with Gasteiger partial charge in [0, 0.05) is 13.0 Å². The van der Waals surface area contributed by atoms with E-state index in [1.165, 1.54) is 0 Å². The van der Waals surface area contributed by atoms with Gasteiger partial charge in [0.15, 0.2) is 0 Å². The third-order valence-electron chi connectivity index (χ3n) is 2.15. The molecular formula is C10H15N3O2. The fourth-order valence-corrected chi connectivity index (χ4v) is 1.45. The lowest BCUT2D eigenvalue weighted by atomic mass is 10.3. The Labute approximate surface area is 88.8 Å². The first-order chi connectivity index (χ1) is 7.38. The van der Waals surface area contributed by atoms with Crippen LogP contribution in [0.25, 0.3) is 0 Å². The van der Waals surface area contributed by atoms with Crippen LogP contribution in [0, 0.1) is 0 Å². The molecule has 5 nitrogen and oxygen atoms in total. The molecule has 2 rings (SSSR count). The zero-order valence-corrected chi connectivity index (χ0v) is 8.77. The number of aromatic nitrogens is 2. The largest absolute Gasteiger partial charge is 0.471 e. The summed E-state index contributed by atoms with van der Waals surface area (Å²) in [4.78, 5) is 8.33. The van der Waals surface area contributed by atoms with Gasteiger partial charge >= 0.3 is 0 Å². The van der Waals surface area contributed by atoms with Gasteiger partial charge in [-0.15, -0.1) is 0 Å². The van der Waals surface area contributed by atoms with Crippen molar-refractivity contribution in [2.45, 2.75) is 19.4 Å². The summed E-state index contributed by atoms with van der Waals surface area (Å²) in [5.41, 5.74) is 0. The predicted molar refractivity (Wildman–Crippen MR) is 56.0 cm³/mol. The van der Waals surface area contributed by atoms with Gasteiger partial charge in [0.25, 0.3) is 0 Å². The maximum absolute atomic E-state index is 5.62. The van der Waals surface area contributed by atoms with E-state index < -0.39 is 0 Å². The second kappa shape index (κ2) is 4.93. The van der Waals surface area contributed by atoms with Gasteiger partial charge in [-0.25, -0.2) is 0 Å². The lowest BCUT2D eigenvalue weighted by Gasteiger charge is -2.11. The molecule has 15 heavy (non-hydrogen) atoms. The molecule has 1 saturated heterocycles. The Morgan fingerprint density at radius 3 is 3.27 bits per heavy atom. The summed E-state index contributed by atoms with van der Waals surface area (Å²) in [7, 11) is 0. The van der Waals surface area contributed by atoms with Crippen molar-refractivity contribution in [3.8, 4) is 5.88 Å². The van der Waals surface area contributed by atoms with E-state index in [2.05, 4.69) is 15.3 Å². The Kier molecular flexibility index (Phi) is 3.34. The molecule has 0 aromatic carbocycles. The van der Waals surface area contributed by atoms with Crippen LogP contribution < -0.4 is 10.1 Å². The highest BCUT2D eigenvalue weighted by Crippen LogP contribution is 2.14. The molecule has 0 aliphatic carbocycles. The number of rotatable bonds is 4. The van der Waals surface area contributed by atoms with Crippen LogP contribution in [0.4, 0.5) is 5.82 Å². The molecule has 1 aromatic heterocycles. The minimum absolute atomic E-state index is 0.121. The molecule has 0 saturated carbocycles. The highest BCUT2D eigenvalue weighted by molar-refractivity contribution is 5.32. The van der Waals surface area contributed by atoms with E-state index >= 15 is 0 Å². The first-order valence-electron chi connectivity index (χ1n) is 5.19. The van der Waals surface area contributed by atoms with Gasteiger partial charge in [0.1, 0.15) is 11.9 Å². The van der Waals surface area contributed by atoms with E-state index in [1.54, 1.807) is 12.4 Å². The van der Waals surface area contributed by atoms with E-state index in [0.29, 0.717) is 12.5 Å². The quantitative estimate of drug-likeness (QED) is 0.804. The molecule has 1 aliphatic heterocycles. The Bertz CT molecular complexity index is 313. The van der Waals surface area contributed by atoms with Crippen LogP contribution in [0.3, 0.4) is 0 Å². The highest BCUT2D eigenvalue weighted by atomic mass is 16.5. The van der Waals surface area contributed by atoms with Gasteiger partial charge in [-0.05, 0) is 6.92 Å². The van der Waals surface area contributed by atoms with Crippen molar-refractivity contribution >= 4 is 5.82 Å². The smallest absolute Gasteiger partial charge is 0.234 e. The molecule has 1 unspecified atom stereocenters. The van der Waals surface area contributed by atoms with Gasteiger partial charge in [-0.3, -0.25) is 4.98 Å². The predicted octanol–water partition coefficient (Wildman–Crippen LogP) is 1.08. The number of nitrogens with zero attached hydrogens (tertiary/aromatic N) is 2. The van der Waals surface area contributed by atoms with Crippen molar-refractivity contribution in [1.29, 1.82) is 0 Å². The molecule has 0 bridgehead atoms. The summed E-state index contributed by atoms with van der Waals surface area (Å²) in [6, 6.07) is 0. The molecule has 0 radical (unpaired) electrons. The Hall–Kier alpha value is -1.36. The Morgan fingerprint density at radius 2 is 2.53 bits per heavy atom. The van der Waals surface area contributed by atoms with Crippen LogP contribution in [0.5, 0.6) is 5.88 Å². The number of ether oxygens (including phenoxy) is 2. The third kappa shape index (κ3) is 2.79. The molecule has 0 spiro atoms. The maximum atomic E-state index is 5.62. The van der Waals surface area contributed by atoms with E-state index in [0.717, 1.165) is 25.4 Å². The number of hydrogen-bond donors (Lipinski definition) is 1. The molecule has 1 fully saturated rings. The van der Waals surface area contributed by atoms with Crippen LogP contribution in [-0.2, 0) is 4.74 Å². The minimum atomic E-state index is 0.121. The van der Waals surface area contributed by atoms with E-state index in [1.807, 2.05) is 6.92 Å². The molecule has 82 valence electrons. The SMILES string of the molecule is CCNc1cncc(OC2CCOC2)n1. The van der Waals surface area contributed by atoms with Gasteiger partial charge < -0.3 is 14.8 Å². The van der Waals surface area contributed by atoms with Crippen LogP contribution in [-0.4, -0.2) is 35.8 Å². The van der Waals surface area contributed by atoms with Crippen LogP contribution in [0.1, 0.15) is 13.3 Å². The van der Waals surface area contributed by atoms with E-state index in [9.17, 15) is 0 Å². The average Bonchev–Trinajstić information content (AvgIpc) is 2.71. The first kappa shape index (κ1) is 10.2. The number of hydrogen-bond acceptors (Lipinski definition) is 5. The highest BCUT2D eigenvalue weighted by Gasteiger charge is 2.17. The van der Waals surface area contributed by atoms with Crippen LogP contribution in [0.15, 0.2) is 12.4 Å². The fourth-order valence-electron chi connectivity index (χ4n) is 1.45. The second-order valence-electron chi connectivity index (χ2n) is 3.38. The van der Waals surface area contributed by atoms with E-state index in [-0.39, 0.29) is 6.10 Å². The minimum Gasteiger partial charge on any atom is -0.471 e. The molecule has 2 heterocycles. The summed E-state index contributed by atoms with van der Waals surface area (Å²) < 4.78 is 10.8. The summed E-state index contributed by atoms with van der Waals surface area (Å²) >= 11 is 0. The Balaban J connectivity index is 1.97. The zero-order chi connectivity index (χ0) is 10.5. The molecule has 1 aromatic rings. The van der Waals surface area contributed by atoms with Gasteiger partial charge in [0.05, 0.1) is 25.6 Å². The molecular weight excluding hydrogens is 194 g/mol. The van der Waals surface area contributed by atoms with Crippen molar-refractivity contribution in [3.05, 3.63) is 12.4 Å². The van der Waals surface area contributed by atoms with Gasteiger partial charge in [-0.2, -0.15) is 4.98 Å². The van der Waals surface area contributed by atoms with Crippen LogP contribution in [0.2, 0.25) is 0 Å². The first-order valence-corrected chi connectivity index (χ1v) is 5.19. The van der Waals surface area contributed by atoms with E-state index in [4.69, 9.17) is 9.47 Å². The molecule has 0 amide bonds. The summed E-state index contributed by atoms with van der Waals surface area (Å²) in [5.74, 6) is 1.30. The molecule has 1 atom stereocenters. The normalized spacial score (nSPS) is 20.2. The third-order valence-corrected chi connectivity index (χ3v) is 2.15. The zero-order valence-electron chi connectivity index (χ0n) is 8.77. The number of nitrogens with one attached hydrogen (secondary N) is 1. The molecule has 1 aliphatic rings. The van der Waals surface area contributed by atoms with Crippen molar-refractivity contribution in [3.63, 3.8) is 0 Å². The summed E-state index contributed by atoms with van der Waals surface area (Å²) in [6.07, 6.45) is 4.35. The van der Waals surface area contributed by atoms with Gasteiger partial charge in [-0.1, -0.05) is 0 Å².